The summed E-state index contributed by atoms with van der Waals surface area (Å²) in [5.74, 6) is -0.647. The van der Waals surface area contributed by atoms with Crippen molar-refractivity contribution in [2.75, 3.05) is 36.4 Å². The lowest BCUT2D eigenvalue weighted by Crippen LogP contribution is -2.49. The van der Waals surface area contributed by atoms with Crippen molar-refractivity contribution in [3.8, 4) is 6.07 Å². The molecule has 2 aliphatic rings. The van der Waals surface area contributed by atoms with Crippen LogP contribution in [0, 0.1) is 30.1 Å². The second-order valence-electron chi connectivity index (χ2n) is 7.75. The first-order valence-corrected chi connectivity index (χ1v) is 9.97. The van der Waals surface area contributed by atoms with Crippen molar-refractivity contribution < 1.29 is 9.59 Å². The number of hydrogen-bond acceptors (Lipinski definition) is 4. The normalized spacial score (nSPS) is 20.7. The maximum Gasteiger partial charge on any atom is 0.228 e. The van der Waals surface area contributed by atoms with Crippen LogP contribution in [0.2, 0.25) is 0 Å². The molecule has 1 N–H and O–H groups in total. The van der Waals surface area contributed by atoms with Gasteiger partial charge in [-0.3, -0.25) is 9.59 Å². The Labute approximate surface area is 170 Å². The van der Waals surface area contributed by atoms with Crippen molar-refractivity contribution in [3.05, 3.63) is 59.7 Å². The van der Waals surface area contributed by atoms with Crippen LogP contribution in [0.5, 0.6) is 0 Å². The maximum absolute atomic E-state index is 12.8. The Bertz CT molecular complexity index is 973. The molecule has 2 atom stereocenters. The first-order chi connectivity index (χ1) is 14.1. The summed E-state index contributed by atoms with van der Waals surface area (Å²) in [7, 11) is 0. The van der Waals surface area contributed by atoms with E-state index in [4.69, 9.17) is 5.26 Å². The van der Waals surface area contributed by atoms with Crippen molar-refractivity contribution >= 4 is 23.2 Å². The van der Waals surface area contributed by atoms with Gasteiger partial charge in [-0.2, -0.15) is 5.26 Å². The molecule has 2 fully saturated rings. The van der Waals surface area contributed by atoms with E-state index >= 15 is 0 Å². The summed E-state index contributed by atoms with van der Waals surface area (Å²) < 4.78 is 0. The fourth-order valence-electron chi connectivity index (χ4n) is 3.92. The quantitative estimate of drug-likeness (QED) is 0.874. The molecule has 6 heteroatoms. The fourth-order valence-corrected chi connectivity index (χ4v) is 3.92. The number of nitrogens with zero attached hydrogens (tertiary/aromatic N) is 3. The summed E-state index contributed by atoms with van der Waals surface area (Å²) in [6.07, 6.45) is 0.581. The zero-order chi connectivity index (χ0) is 20.4. The molecule has 0 bridgehead atoms. The Morgan fingerprint density at radius 1 is 1.03 bits per heavy atom. The molecule has 1 saturated carbocycles. The molecule has 1 aliphatic carbocycles. The second-order valence-corrected chi connectivity index (χ2v) is 7.75. The summed E-state index contributed by atoms with van der Waals surface area (Å²) in [5, 5.41) is 12.0. The van der Waals surface area contributed by atoms with Crippen LogP contribution >= 0.6 is 0 Å². The van der Waals surface area contributed by atoms with Crippen LogP contribution in [-0.2, 0) is 9.59 Å². The lowest BCUT2D eigenvalue weighted by atomic mass is 10.1. The summed E-state index contributed by atoms with van der Waals surface area (Å²) in [4.78, 5) is 29.5. The van der Waals surface area contributed by atoms with E-state index in [2.05, 4.69) is 47.5 Å². The van der Waals surface area contributed by atoms with Gasteiger partial charge in [0.1, 0.15) is 6.07 Å². The predicted octanol–water partition coefficient (Wildman–Crippen LogP) is 2.79. The number of para-hydroxylation sites is 1. The molecule has 1 heterocycles. The minimum Gasteiger partial charge on any atom is -0.368 e. The Hall–Kier alpha value is -3.33. The fraction of sp³-hybridized carbons (Fsp3) is 0.348. The Balaban J connectivity index is 1.30. The Morgan fingerprint density at radius 2 is 1.79 bits per heavy atom. The summed E-state index contributed by atoms with van der Waals surface area (Å²) >= 11 is 0. The molecule has 6 nitrogen and oxygen atoms in total. The Kier molecular flexibility index (Phi) is 5.22. The van der Waals surface area contributed by atoms with E-state index in [1.807, 2.05) is 4.90 Å². The molecule has 0 spiro atoms. The number of nitriles is 1. The van der Waals surface area contributed by atoms with E-state index in [1.165, 1.54) is 11.3 Å². The van der Waals surface area contributed by atoms with Crippen LogP contribution in [0.1, 0.15) is 17.5 Å². The van der Waals surface area contributed by atoms with Gasteiger partial charge in [-0.05, 0) is 43.2 Å². The highest BCUT2D eigenvalue weighted by Gasteiger charge is 2.49. The number of carbonyl (C=O) groups excluding carboxylic acids is 2. The van der Waals surface area contributed by atoms with Crippen molar-refractivity contribution in [2.45, 2.75) is 13.3 Å². The number of aryl methyl sites for hydroxylation is 1. The third-order valence-corrected chi connectivity index (χ3v) is 5.71. The molecule has 29 heavy (non-hydrogen) atoms. The molecule has 2 aromatic rings. The van der Waals surface area contributed by atoms with Crippen LogP contribution < -0.4 is 10.2 Å². The van der Waals surface area contributed by atoms with Gasteiger partial charge in [-0.15, -0.1) is 0 Å². The number of piperazine rings is 1. The summed E-state index contributed by atoms with van der Waals surface area (Å²) in [5.41, 5.74) is 3.35. The SMILES string of the molecule is Cc1cccc(N2CCN(C(=O)C3CC3C(=O)Nc3ccccc3C#N)CC2)c1. The third-order valence-electron chi connectivity index (χ3n) is 5.71. The average Bonchev–Trinajstić information content (AvgIpc) is 3.55. The average molecular weight is 388 g/mol. The maximum atomic E-state index is 12.8. The lowest BCUT2D eigenvalue weighted by Gasteiger charge is -2.36. The first kappa shape index (κ1) is 19.0. The zero-order valence-electron chi connectivity index (χ0n) is 16.5. The monoisotopic (exact) mass is 388 g/mol. The van der Waals surface area contributed by atoms with Gasteiger partial charge in [-0.25, -0.2) is 0 Å². The number of hydrogen-bond donors (Lipinski definition) is 1. The highest BCUT2D eigenvalue weighted by molar-refractivity contribution is 6.00. The zero-order valence-corrected chi connectivity index (χ0v) is 16.5. The van der Waals surface area contributed by atoms with Crippen molar-refractivity contribution in [1.82, 2.24) is 4.90 Å². The number of anilines is 2. The summed E-state index contributed by atoms with van der Waals surface area (Å²) in [6, 6.07) is 17.4. The Morgan fingerprint density at radius 3 is 2.52 bits per heavy atom. The van der Waals surface area contributed by atoms with Gasteiger partial charge >= 0.3 is 0 Å². The van der Waals surface area contributed by atoms with Gasteiger partial charge in [0.2, 0.25) is 11.8 Å². The van der Waals surface area contributed by atoms with Gasteiger partial charge in [0.15, 0.2) is 0 Å². The minimum absolute atomic E-state index is 0.0719. The number of carbonyl (C=O) groups is 2. The van der Waals surface area contributed by atoms with E-state index in [-0.39, 0.29) is 23.7 Å². The molecule has 1 aliphatic heterocycles. The third kappa shape index (κ3) is 4.09. The smallest absolute Gasteiger partial charge is 0.228 e. The van der Waals surface area contributed by atoms with Gasteiger partial charge in [0.25, 0.3) is 0 Å². The molecule has 2 unspecified atom stereocenters. The largest absolute Gasteiger partial charge is 0.368 e. The topological polar surface area (TPSA) is 76.4 Å². The number of amides is 2. The molecule has 148 valence electrons. The molecular formula is C23H24N4O2. The molecule has 0 aromatic heterocycles. The van der Waals surface area contributed by atoms with Crippen LogP contribution in [0.15, 0.2) is 48.5 Å². The van der Waals surface area contributed by atoms with Gasteiger partial charge in [-0.1, -0.05) is 24.3 Å². The first-order valence-electron chi connectivity index (χ1n) is 9.97. The lowest BCUT2D eigenvalue weighted by molar-refractivity contribution is -0.134. The van der Waals surface area contributed by atoms with Crippen molar-refractivity contribution in [3.63, 3.8) is 0 Å². The standard InChI is InChI=1S/C23H24N4O2/c1-16-5-4-7-18(13-16)26-9-11-27(12-10-26)23(29)20-14-19(20)22(28)25-21-8-3-2-6-17(21)15-24/h2-8,13,19-20H,9-12,14H2,1H3,(H,25,28). The van der Waals surface area contributed by atoms with Crippen LogP contribution in [0.25, 0.3) is 0 Å². The molecular weight excluding hydrogens is 364 g/mol. The summed E-state index contributed by atoms with van der Waals surface area (Å²) in [6.45, 7) is 5.03. The molecule has 0 radical (unpaired) electrons. The molecule has 1 saturated heterocycles. The van der Waals surface area contributed by atoms with E-state index in [1.54, 1.807) is 24.3 Å². The molecule has 2 aromatic carbocycles. The van der Waals surface area contributed by atoms with E-state index < -0.39 is 0 Å². The van der Waals surface area contributed by atoms with Crippen molar-refractivity contribution in [2.24, 2.45) is 11.8 Å². The minimum atomic E-state index is -0.302. The highest BCUT2D eigenvalue weighted by atomic mass is 16.2. The van der Waals surface area contributed by atoms with Gasteiger partial charge < -0.3 is 15.1 Å². The highest BCUT2D eigenvalue weighted by Crippen LogP contribution is 2.41. The van der Waals surface area contributed by atoms with Crippen LogP contribution in [0.4, 0.5) is 11.4 Å². The number of rotatable bonds is 4. The van der Waals surface area contributed by atoms with E-state index in [0.29, 0.717) is 30.8 Å². The van der Waals surface area contributed by atoms with Crippen LogP contribution in [-0.4, -0.2) is 42.9 Å². The van der Waals surface area contributed by atoms with Crippen molar-refractivity contribution in [1.29, 1.82) is 5.26 Å². The molecule has 4 rings (SSSR count). The second kappa shape index (κ2) is 7.96. The predicted molar refractivity (Wildman–Crippen MR) is 111 cm³/mol. The van der Waals surface area contributed by atoms with E-state index in [9.17, 15) is 9.59 Å². The van der Waals surface area contributed by atoms with E-state index in [0.717, 1.165) is 13.1 Å². The number of nitrogens with one attached hydrogen (secondary N) is 1. The number of benzene rings is 2. The van der Waals surface area contributed by atoms with Gasteiger partial charge in [0, 0.05) is 31.9 Å². The molecule has 2 amide bonds. The van der Waals surface area contributed by atoms with Crippen LogP contribution in [0.3, 0.4) is 0 Å². The van der Waals surface area contributed by atoms with Gasteiger partial charge in [0.05, 0.1) is 23.1 Å².